The first-order valence-corrected chi connectivity index (χ1v) is 7.58. The van der Waals surface area contributed by atoms with Crippen LogP contribution in [0.15, 0.2) is 35.5 Å². The number of ether oxygens (including phenoxy) is 2. The van der Waals surface area contributed by atoms with E-state index in [-0.39, 0.29) is 17.7 Å². The molecule has 1 aliphatic carbocycles. The number of hydrazone groups is 1. The number of benzene rings is 1. The molecule has 1 aromatic rings. The molecule has 2 unspecified atom stereocenters. The molecular weight excluding hydrogens is 280 g/mol. The van der Waals surface area contributed by atoms with Crippen LogP contribution in [-0.4, -0.2) is 25.3 Å². The smallest absolute Gasteiger partial charge is 0.244 e. The number of nitrogens with one attached hydrogen (secondary N) is 1. The zero-order valence-electron chi connectivity index (χ0n) is 12.8. The second kappa shape index (κ2) is 6.22. The monoisotopic (exact) mass is 300 g/mol. The minimum Gasteiger partial charge on any atom is -0.493 e. The van der Waals surface area contributed by atoms with Crippen LogP contribution in [0.4, 0.5) is 0 Å². The van der Waals surface area contributed by atoms with Crippen LogP contribution >= 0.6 is 0 Å². The lowest BCUT2D eigenvalue weighted by Gasteiger charge is -2.32. The van der Waals surface area contributed by atoms with E-state index in [4.69, 9.17) is 9.47 Å². The lowest BCUT2D eigenvalue weighted by atomic mass is 9.77. The maximum atomic E-state index is 12.0. The Morgan fingerprint density at radius 2 is 2.00 bits per heavy atom. The molecular formula is C17H20N2O3. The Kier molecular flexibility index (Phi) is 4.13. The minimum atomic E-state index is -0.0323. The molecule has 3 rings (SSSR count). The van der Waals surface area contributed by atoms with Crippen molar-refractivity contribution < 1.29 is 14.3 Å². The minimum absolute atomic E-state index is 0.0108. The predicted octanol–water partition coefficient (Wildman–Crippen LogP) is 2.51. The zero-order valence-corrected chi connectivity index (χ0v) is 12.8. The Balaban J connectivity index is 1.97. The highest BCUT2D eigenvalue weighted by Crippen LogP contribution is 2.34. The summed E-state index contributed by atoms with van der Waals surface area (Å²) in [5.41, 5.74) is 4.53. The normalized spacial score (nSPS) is 23.4. The van der Waals surface area contributed by atoms with E-state index < -0.39 is 0 Å². The van der Waals surface area contributed by atoms with E-state index in [1.807, 2.05) is 25.1 Å². The quantitative estimate of drug-likeness (QED) is 0.869. The average Bonchev–Trinajstić information content (AvgIpc) is 2.56. The number of nitrogens with zero attached hydrogens (tertiary/aromatic N) is 1. The lowest BCUT2D eigenvalue weighted by Crippen LogP contribution is -2.42. The van der Waals surface area contributed by atoms with Gasteiger partial charge in [0.1, 0.15) is 0 Å². The van der Waals surface area contributed by atoms with Gasteiger partial charge in [0.15, 0.2) is 11.5 Å². The highest BCUT2D eigenvalue weighted by molar-refractivity contribution is 6.07. The van der Waals surface area contributed by atoms with Crippen molar-refractivity contribution >= 4 is 11.6 Å². The van der Waals surface area contributed by atoms with E-state index in [9.17, 15) is 4.79 Å². The number of allylic oxidation sites excluding steroid dienone is 2. The van der Waals surface area contributed by atoms with Crippen molar-refractivity contribution in [2.24, 2.45) is 16.9 Å². The molecule has 2 aliphatic rings. The zero-order chi connectivity index (χ0) is 15.5. The third-order valence-electron chi connectivity index (χ3n) is 4.17. The summed E-state index contributed by atoms with van der Waals surface area (Å²) in [6.45, 7) is 2.50. The maximum Gasteiger partial charge on any atom is 0.244 e. The molecule has 0 spiro atoms. The van der Waals surface area contributed by atoms with Crippen LogP contribution in [0, 0.1) is 11.8 Å². The van der Waals surface area contributed by atoms with Gasteiger partial charge in [-0.2, -0.15) is 5.10 Å². The van der Waals surface area contributed by atoms with Crippen molar-refractivity contribution in [1.82, 2.24) is 5.43 Å². The average molecular weight is 300 g/mol. The molecule has 0 saturated heterocycles. The lowest BCUT2D eigenvalue weighted by molar-refractivity contribution is -0.126. The van der Waals surface area contributed by atoms with Gasteiger partial charge in [0.05, 0.1) is 25.3 Å². The van der Waals surface area contributed by atoms with Crippen molar-refractivity contribution in [2.75, 3.05) is 13.7 Å². The SMILES string of the molecule is CCOc1cc(C2=NNC(=O)C3CC=CCC23)ccc1OC. The third kappa shape index (κ3) is 2.58. The van der Waals surface area contributed by atoms with Crippen molar-refractivity contribution in [3.05, 3.63) is 35.9 Å². The first kappa shape index (κ1) is 14.6. The summed E-state index contributed by atoms with van der Waals surface area (Å²) < 4.78 is 11.0. The van der Waals surface area contributed by atoms with E-state index >= 15 is 0 Å². The molecule has 2 atom stereocenters. The summed E-state index contributed by atoms with van der Waals surface area (Å²) in [6, 6.07) is 5.79. The number of methoxy groups -OCH3 is 1. The highest BCUT2D eigenvalue weighted by Gasteiger charge is 2.36. The van der Waals surface area contributed by atoms with E-state index in [0.29, 0.717) is 18.1 Å². The first-order chi connectivity index (χ1) is 10.7. The Hall–Kier alpha value is -2.30. The molecule has 1 aromatic carbocycles. The highest BCUT2D eigenvalue weighted by atomic mass is 16.5. The van der Waals surface area contributed by atoms with E-state index in [1.54, 1.807) is 7.11 Å². The van der Waals surface area contributed by atoms with Gasteiger partial charge in [-0.25, -0.2) is 5.43 Å². The predicted molar refractivity (Wildman–Crippen MR) is 84.2 cm³/mol. The molecule has 1 aliphatic heterocycles. The van der Waals surface area contributed by atoms with Crippen LogP contribution in [0.2, 0.25) is 0 Å². The van der Waals surface area contributed by atoms with Gasteiger partial charge >= 0.3 is 0 Å². The molecule has 5 heteroatoms. The number of carbonyl (C=O) groups excluding carboxylic acids is 1. The number of hydrogen-bond acceptors (Lipinski definition) is 4. The van der Waals surface area contributed by atoms with Crippen molar-refractivity contribution in [1.29, 1.82) is 0 Å². The molecule has 116 valence electrons. The van der Waals surface area contributed by atoms with Crippen molar-refractivity contribution in [3.8, 4) is 11.5 Å². The summed E-state index contributed by atoms with van der Waals surface area (Å²) in [5, 5.41) is 4.31. The van der Waals surface area contributed by atoms with Gasteiger partial charge in [0, 0.05) is 11.5 Å². The number of carbonyl (C=O) groups is 1. The summed E-state index contributed by atoms with van der Waals surface area (Å²) in [4.78, 5) is 12.0. The fourth-order valence-electron chi connectivity index (χ4n) is 3.07. The molecule has 5 nitrogen and oxygen atoms in total. The topological polar surface area (TPSA) is 59.9 Å². The summed E-state index contributed by atoms with van der Waals surface area (Å²) >= 11 is 0. The molecule has 1 N–H and O–H groups in total. The molecule has 0 saturated carbocycles. The van der Waals surface area contributed by atoms with Crippen LogP contribution < -0.4 is 14.9 Å². The number of rotatable bonds is 4. The van der Waals surface area contributed by atoms with Crippen molar-refractivity contribution in [3.63, 3.8) is 0 Å². The molecule has 1 heterocycles. The van der Waals surface area contributed by atoms with Crippen molar-refractivity contribution in [2.45, 2.75) is 19.8 Å². The van der Waals surface area contributed by atoms with E-state index in [1.165, 1.54) is 0 Å². The number of fused-ring (bicyclic) bond motifs is 1. The van der Waals surface area contributed by atoms with Crippen LogP contribution in [0.1, 0.15) is 25.3 Å². The van der Waals surface area contributed by atoms with Gasteiger partial charge in [-0.15, -0.1) is 0 Å². The van der Waals surface area contributed by atoms with Crippen LogP contribution in [0.5, 0.6) is 11.5 Å². The molecule has 22 heavy (non-hydrogen) atoms. The molecule has 0 bridgehead atoms. The maximum absolute atomic E-state index is 12.0. The Labute approximate surface area is 130 Å². The molecule has 1 amide bonds. The second-order valence-electron chi connectivity index (χ2n) is 5.43. The van der Waals surface area contributed by atoms with Crippen LogP contribution in [-0.2, 0) is 4.79 Å². The van der Waals surface area contributed by atoms with Gasteiger partial charge in [-0.05, 0) is 38.0 Å². The first-order valence-electron chi connectivity index (χ1n) is 7.58. The molecule has 0 aromatic heterocycles. The number of hydrogen-bond donors (Lipinski definition) is 1. The summed E-state index contributed by atoms with van der Waals surface area (Å²) in [5.74, 6) is 1.50. The van der Waals surface area contributed by atoms with Crippen LogP contribution in [0.3, 0.4) is 0 Å². The van der Waals surface area contributed by atoms with Gasteiger partial charge in [0.25, 0.3) is 0 Å². The van der Waals surface area contributed by atoms with Gasteiger partial charge in [-0.3, -0.25) is 4.79 Å². The van der Waals surface area contributed by atoms with Gasteiger partial charge in [-0.1, -0.05) is 12.2 Å². The third-order valence-corrected chi connectivity index (χ3v) is 4.17. The van der Waals surface area contributed by atoms with Crippen LogP contribution in [0.25, 0.3) is 0 Å². The fourth-order valence-corrected chi connectivity index (χ4v) is 3.07. The van der Waals surface area contributed by atoms with Gasteiger partial charge < -0.3 is 9.47 Å². The molecule has 0 fully saturated rings. The summed E-state index contributed by atoms with van der Waals surface area (Å²) in [7, 11) is 1.62. The molecule has 0 radical (unpaired) electrons. The van der Waals surface area contributed by atoms with Gasteiger partial charge in [0.2, 0.25) is 5.91 Å². The Morgan fingerprint density at radius 3 is 2.73 bits per heavy atom. The van der Waals surface area contributed by atoms with E-state index in [0.717, 1.165) is 24.1 Å². The Bertz CT molecular complexity index is 637. The van der Waals surface area contributed by atoms with E-state index in [2.05, 4.69) is 22.7 Å². The second-order valence-corrected chi connectivity index (χ2v) is 5.43. The fraction of sp³-hybridized carbons (Fsp3) is 0.412. The number of amides is 1. The summed E-state index contributed by atoms with van der Waals surface area (Å²) in [6.07, 6.45) is 5.81. The standard InChI is InChI=1S/C17H20N2O3/c1-3-22-15-10-11(8-9-14(15)21-2)16-12-6-4-5-7-13(12)17(20)19-18-16/h4-5,8-10,12-13H,3,6-7H2,1-2H3,(H,19,20). The Morgan fingerprint density at radius 1 is 1.23 bits per heavy atom. The largest absolute Gasteiger partial charge is 0.493 e.